The normalized spacial score (nSPS) is 12.1. The highest BCUT2D eigenvalue weighted by Crippen LogP contribution is 2.28. The maximum absolute atomic E-state index is 12.7. The summed E-state index contributed by atoms with van der Waals surface area (Å²) in [5.41, 5.74) is 2.12. The van der Waals surface area contributed by atoms with Crippen LogP contribution in [0.3, 0.4) is 0 Å². The lowest BCUT2D eigenvalue weighted by atomic mass is 9.98. The van der Waals surface area contributed by atoms with Gasteiger partial charge in [-0.1, -0.05) is 83.8 Å². The number of nitrogens with one attached hydrogen (secondary N) is 1. The first kappa shape index (κ1) is 17.6. The van der Waals surface area contributed by atoms with Crippen LogP contribution in [0.4, 0.5) is 0 Å². The molecule has 6 heteroatoms. The van der Waals surface area contributed by atoms with E-state index in [1.165, 1.54) is 23.1 Å². The van der Waals surface area contributed by atoms with Crippen LogP contribution in [0.25, 0.3) is 0 Å². The number of hydrogen-bond acceptors (Lipinski definition) is 5. The predicted molar refractivity (Wildman–Crippen MR) is 103 cm³/mol. The van der Waals surface area contributed by atoms with Crippen molar-refractivity contribution in [2.45, 2.75) is 29.5 Å². The van der Waals surface area contributed by atoms with E-state index in [-0.39, 0.29) is 17.2 Å². The predicted octanol–water partition coefficient (Wildman–Crippen LogP) is 4.23. The standard InChI is InChI=1S/C19H19N3OS2/c1-13(24-19-22-21-14(2)25-19)18(23)20-17(15-9-5-3-6-10-15)16-11-7-4-8-12-16/h3-13,17H,1-2H3,(H,20,23)/t13-/m0/s1. The van der Waals surface area contributed by atoms with E-state index in [1.54, 1.807) is 0 Å². The van der Waals surface area contributed by atoms with Gasteiger partial charge < -0.3 is 5.32 Å². The Hall–Kier alpha value is -2.18. The molecule has 0 aliphatic carbocycles. The van der Waals surface area contributed by atoms with E-state index in [0.717, 1.165) is 20.5 Å². The molecule has 4 nitrogen and oxygen atoms in total. The summed E-state index contributed by atoms with van der Waals surface area (Å²) in [6.45, 7) is 3.80. The van der Waals surface area contributed by atoms with Crippen LogP contribution in [0.2, 0.25) is 0 Å². The van der Waals surface area contributed by atoms with Crippen LogP contribution in [0.1, 0.15) is 29.1 Å². The smallest absolute Gasteiger partial charge is 0.234 e. The Balaban J connectivity index is 1.76. The first-order valence-electron chi connectivity index (χ1n) is 8.00. The molecule has 1 atom stereocenters. The maximum atomic E-state index is 12.7. The summed E-state index contributed by atoms with van der Waals surface area (Å²) in [5.74, 6) is -0.0180. The molecular weight excluding hydrogens is 350 g/mol. The van der Waals surface area contributed by atoms with Crippen molar-refractivity contribution < 1.29 is 4.79 Å². The molecule has 0 radical (unpaired) electrons. The molecule has 0 unspecified atom stereocenters. The van der Waals surface area contributed by atoms with Gasteiger partial charge in [-0.2, -0.15) is 0 Å². The van der Waals surface area contributed by atoms with Crippen molar-refractivity contribution in [1.82, 2.24) is 15.5 Å². The minimum atomic E-state index is -0.248. The van der Waals surface area contributed by atoms with Gasteiger partial charge in [-0.05, 0) is 25.0 Å². The van der Waals surface area contributed by atoms with Crippen LogP contribution in [0, 0.1) is 6.92 Å². The van der Waals surface area contributed by atoms with Crippen molar-refractivity contribution in [2.24, 2.45) is 0 Å². The number of rotatable bonds is 6. The molecule has 0 spiro atoms. The van der Waals surface area contributed by atoms with E-state index in [9.17, 15) is 4.79 Å². The molecule has 0 bridgehead atoms. The zero-order chi connectivity index (χ0) is 17.6. The minimum Gasteiger partial charge on any atom is -0.344 e. The van der Waals surface area contributed by atoms with E-state index >= 15 is 0 Å². The first-order chi connectivity index (χ1) is 12.1. The van der Waals surface area contributed by atoms with Crippen LogP contribution >= 0.6 is 23.1 Å². The van der Waals surface area contributed by atoms with Gasteiger partial charge >= 0.3 is 0 Å². The van der Waals surface area contributed by atoms with Gasteiger partial charge in [0.2, 0.25) is 5.91 Å². The summed E-state index contributed by atoms with van der Waals surface area (Å²) in [7, 11) is 0. The van der Waals surface area contributed by atoms with Crippen LogP contribution in [-0.2, 0) is 4.79 Å². The fourth-order valence-corrected chi connectivity index (χ4v) is 4.41. The number of carbonyl (C=O) groups excluding carboxylic acids is 1. The molecular formula is C19H19N3OS2. The zero-order valence-electron chi connectivity index (χ0n) is 14.0. The second-order valence-corrected chi connectivity index (χ2v) is 8.38. The zero-order valence-corrected chi connectivity index (χ0v) is 15.7. The summed E-state index contributed by atoms with van der Waals surface area (Å²) in [6.07, 6.45) is 0. The molecule has 1 heterocycles. The number of thioether (sulfide) groups is 1. The molecule has 0 fully saturated rings. The molecule has 1 amide bonds. The highest BCUT2D eigenvalue weighted by molar-refractivity contribution is 8.02. The molecule has 1 N–H and O–H groups in total. The quantitative estimate of drug-likeness (QED) is 0.661. The Labute approximate surface area is 155 Å². The number of amides is 1. The van der Waals surface area contributed by atoms with E-state index in [4.69, 9.17) is 0 Å². The monoisotopic (exact) mass is 369 g/mol. The largest absolute Gasteiger partial charge is 0.344 e. The number of carbonyl (C=O) groups is 1. The molecule has 0 aliphatic heterocycles. The number of nitrogens with zero attached hydrogens (tertiary/aromatic N) is 2. The van der Waals surface area contributed by atoms with Gasteiger partial charge in [-0.15, -0.1) is 10.2 Å². The lowest BCUT2D eigenvalue weighted by Gasteiger charge is -2.21. The highest BCUT2D eigenvalue weighted by atomic mass is 32.2. The lowest BCUT2D eigenvalue weighted by molar-refractivity contribution is -0.120. The third-order valence-electron chi connectivity index (χ3n) is 3.71. The summed E-state index contributed by atoms with van der Waals surface area (Å²) in [5, 5.41) is 11.9. The van der Waals surface area contributed by atoms with E-state index < -0.39 is 0 Å². The van der Waals surface area contributed by atoms with Crippen molar-refractivity contribution in [2.75, 3.05) is 0 Å². The van der Waals surface area contributed by atoms with Crippen LogP contribution < -0.4 is 5.32 Å². The molecule has 128 valence electrons. The van der Waals surface area contributed by atoms with Gasteiger partial charge in [-0.25, -0.2) is 0 Å². The number of aromatic nitrogens is 2. The Morgan fingerprint density at radius 2 is 1.56 bits per heavy atom. The van der Waals surface area contributed by atoms with Crippen LogP contribution in [0.5, 0.6) is 0 Å². The second-order valence-electron chi connectivity index (χ2n) is 5.61. The van der Waals surface area contributed by atoms with Gasteiger partial charge in [0.1, 0.15) is 5.01 Å². The fraction of sp³-hybridized carbons (Fsp3) is 0.211. The van der Waals surface area contributed by atoms with Crippen molar-refractivity contribution in [1.29, 1.82) is 0 Å². The van der Waals surface area contributed by atoms with Gasteiger partial charge in [0.15, 0.2) is 4.34 Å². The average molecular weight is 370 g/mol. The van der Waals surface area contributed by atoms with Crippen LogP contribution in [-0.4, -0.2) is 21.4 Å². The SMILES string of the molecule is Cc1nnc(S[C@@H](C)C(=O)NC(c2ccccc2)c2ccccc2)s1. The Morgan fingerprint density at radius 3 is 2.04 bits per heavy atom. The van der Waals surface area contributed by atoms with E-state index in [1.807, 2.05) is 74.5 Å². The van der Waals surface area contributed by atoms with Gasteiger partial charge in [0.05, 0.1) is 11.3 Å². The molecule has 25 heavy (non-hydrogen) atoms. The third-order valence-corrected chi connectivity index (χ3v) is 5.73. The van der Waals surface area contributed by atoms with Crippen molar-refractivity contribution in [3.05, 3.63) is 76.8 Å². The van der Waals surface area contributed by atoms with E-state index in [0.29, 0.717) is 0 Å². The van der Waals surface area contributed by atoms with Crippen molar-refractivity contribution >= 4 is 29.0 Å². The Bertz CT molecular complexity index is 781. The molecule has 3 aromatic rings. The van der Waals surface area contributed by atoms with Gasteiger partial charge in [0.25, 0.3) is 0 Å². The number of benzene rings is 2. The number of hydrogen-bond donors (Lipinski definition) is 1. The molecule has 3 rings (SSSR count). The van der Waals surface area contributed by atoms with E-state index in [2.05, 4.69) is 15.5 Å². The first-order valence-corrected chi connectivity index (χ1v) is 9.70. The van der Waals surface area contributed by atoms with Gasteiger partial charge in [0, 0.05) is 0 Å². The Morgan fingerprint density at radius 1 is 1.00 bits per heavy atom. The second kappa shape index (κ2) is 8.27. The maximum Gasteiger partial charge on any atom is 0.234 e. The number of aryl methyl sites for hydroxylation is 1. The summed E-state index contributed by atoms with van der Waals surface area (Å²) in [4.78, 5) is 12.7. The summed E-state index contributed by atoms with van der Waals surface area (Å²) >= 11 is 2.94. The topological polar surface area (TPSA) is 54.9 Å². The summed E-state index contributed by atoms with van der Waals surface area (Å²) in [6, 6.07) is 19.8. The molecule has 0 saturated heterocycles. The van der Waals surface area contributed by atoms with Crippen molar-refractivity contribution in [3.63, 3.8) is 0 Å². The fourth-order valence-electron chi connectivity index (χ4n) is 2.44. The van der Waals surface area contributed by atoms with Crippen LogP contribution in [0.15, 0.2) is 65.0 Å². The lowest BCUT2D eigenvalue weighted by Crippen LogP contribution is -2.34. The highest BCUT2D eigenvalue weighted by Gasteiger charge is 2.22. The molecule has 0 aliphatic rings. The van der Waals surface area contributed by atoms with Crippen molar-refractivity contribution in [3.8, 4) is 0 Å². The molecule has 0 saturated carbocycles. The molecule has 1 aromatic heterocycles. The third kappa shape index (κ3) is 4.67. The Kier molecular flexibility index (Phi) is 5.83. The summed E-state index contributed by atoms with van der Waals surface area (Å²) < 4.78 is 0.816. The van der Waals surface area contributed by atoms with Gasteiger partial charge in [-0.3, -0.25) is 4.79 Å². The average Bonchev–Trinajstić information content (AvgIpc) is 3.05. The molecule has 2 aromatic carbocycles. The minimum absolute atomic E-state index is 0.0180.